The van der Waals surface area contributed by atoms with Crippen molar-refractivity contribution < 1.29 is 32.3 Å². The van der Waals surface area contributed by atoms with Crippen molar-refractivity contribution >= 4 is 17.5 Å². The van der Waals surface area contributed by atoms with E-state index in [1.54, 1.807) is 0 Å². The zero-order valence-electron chi connectivity index (χ0n) is 17.0. The van der Waals surface area contributed by atoms with Crippen molar-refractivity contribution in [3.8, 4) is 0 Å². The molecule has 4 atom stereocenters. The highest BCUT2D eigenvalue weighted by Gasteiger charge is 2.70. The van der Waals surface area contributed by atoms with Crippen LogP contribution in [0.5, 0.6) is 0 Å². The Hall–Kier alpha value is -2.94. The number of alkyl halides is 2. The molecule has 5 nitrogen and oxygen atoms in total. The number of piperidine rings is 2. The maximum Gasteiger partial charge on any atom is 0.352 e. The van der Waals surface area contributed by atoms with Crippen LogP contribution in [0.25, 0.3) is 0 Å². The molecule has 1 aliphatic heterocycles. The topological polar surface area (TPSA) is 69.6 Å². The van der Waals surface area contributed by atoms with E-state index in [2.05, 4.69) is 5.32 Å². The van der Waals surface area contributed by atoms with E-state index in [1.165, 1.54) is 19.1 Å². The molecule has 3 fully saturated rings. The lowest BCUT2D eigenvalue weighted by Gasteiger charge is -2.54. The van der Waals surface area contributed by atoms with Gasteiger partial charge in [0.2, 0.25) is 0 Å². The van der Waals surface area contributed by atoms with Gasteiger partial charge < -0.3 is 15.3 Å². The smallest absolute Gasteiger partial charge is 0.352 e. The summed E-state index contributed by atoms with van der Waals surface area (Å²) in [6, 6.07) is 5.68. The van der Waals surface area contributed by atoms with Gasteiger partial charge in [0.05, 0.1) is 16.7 Å². The fraction of sp³-hybridized carbons (Fsp3) is 0.391. The largest absolute Gasteiger partial charge is 0.389 e. The van der Waals surface area contributed by atoms with Crippen LogP contribution >= 0.6 is 0 Å². The molecule has 2 aromatic carbocycles. The van der Waals surface area contributed by atoms with Crippen molar-refractivity contribution in [2.45, 2.75) is 49.8 Å². The highest BCUT2D eigenvalue weighted by atomic mass is 19.3. The number of amides is 2. The molecule has 0 aromatic heterocycles. The molecule has 1 heterocycles. The van der Waals surface area contributed by atoms with Crippen LogP contribution in [0, 0.1) is 24.5 Å². The molecule has 168 valence electrons. The van der Waals surface area contributed by atoms with E-state index in [1.807, 2.05) is 0 Å². The quantitative estimate of drug-likeness (QED) is 0.701. The average molecular weight is 448 g/mol. The maximum atomic E-state index is 15.2. The second kappa shape index (κ2) is 6.78. The monoisotopic (exact) mass is 448 g/mol. The zero-order chi connectivity index (χ0) is 23.0. The standard InChI is InChI=1S/C23H20F4N2O3/c1-11-7-12(5-6-17(11)24)28-20(30)14-3-2-4-15(19(14)25)23(26,27)21(31)29-13-8-16-18(29)10-22(16,32)9-13/h2-7,13,16,18,32H,8-10H2,1H3,(H,28,30)/t13-,16?,18-,22+/m0/s1. The Morgan fingerprint density at radius 3 is 2.56 bits per heavy atom. The van der Waals surface area contributed by atoms with E-state index in [0.717, 1.165) is 29.2 Å². The molecule has 2 aromatic rings. The van der Waals surface area contributed by atoms with E-state index in [0.29, 0.717) is 6.42 Å². The van der Waals surface area contributed by atoms with Crippen LogP contribution in [-0.2, 0) is 10.7 Å². The summed E-state index contributed by atoms with van der Waals surface area (Å²) in [5, 5.41) is 12.7. The summed E-state index contributed by atoms with van der Waals surface area (Å²) in [6.07, 6.45) is 0.959. The molecule has 5 rings (SSSR count). The molecular weight excluding hydrogens is 428 g/mol. The third kappa shape index (κ3) is 2.87. The van der Waals surface area contributed by atoms with Crippen molar-refractivity contribution in [2.24, 2.45) is 5.92 Å². The van der Waals surface area contributed by atoms with Gasteiger partial charge in [-0.15, -0.1) is 0 Å². The van der Waals surface area contributed by atoms with Gasteiger partial charge in [-0.1, -0.05) is 6.07 Å². The summed E-state index contributed by atoms with van der Waals surface area (Å²) < 4.78 is 58.8. The highest BCUT2D eigenvalue weighted by Crippen LogP contribution is 2.61. The molecule has 0 spiro atoms. The summed E-state index contributed by atoms with van der Waals surface area (Å²) in [5.41, 5.74) is -2.28. The fourth-order valence-electron chi connectivity index (χ4n) is 5.49. The molecule has 2 bridgehead atoms. The molecule has 2 saturated carbocycles. The maximum absolute atomic E-state index is 15.2. The van der Waals surface area contributed by atoms with Gasteiger partial charge in [-0.2, -0.15) is 8.78 Å². The summed E-state index contributed by atoms with van der Waals surface area (Å²) in [6.45, 7) is 1.48. The number of hydrogen-bond acceptors (Lipinski definition) is 3. The predicted octanol–water partition coefficient (Wildman–Crippen LogP) is 3.74. The second-order valence-electron chi connectivity index (χ2n) is 8.95. The Bertz CT molecular complexity index is 1150. The van der Waals surface area contributed by atoms with Gasteiger partial charge in [0.1, 0.15) is 11.6 Å². The molecule has 1 saturated heterocycles. The lowest BCUT2D eigenvalue weighted by Crippen LogP contribution is -2.66. The van der Waals surface area contributed by atoms with E-state index in [4.69, 9.17) is 0 Å². The van der Waals surface area contributed by atoms with Crippen LogP contribution in [0.2, 0.25) is 0 Å². The molecule has 32 heavy (non-hydrogen) atoms. The van der Waals surface area contributed by atoms with Crippen molar-refractivity contribution in [1.29, 1.82) is 0 Å². The lowest BCUT2D eigenvalue weighted by atomic mass is 9.66. The van der Waals surface area contributed by atoms with Crippen LogP contribution < -0.4 is 5.32 Å². The number of fused-ring (bicyclic) bond motifs is 1. The van der Waals surface area contributed by atoms with Crippen molar-refractivity contribution in [3.05, 3.63) is 64.7 Å². The second-order valence-corrected chi connectivity index (χ2v) is 8.95. The number of anilines is 1. The molecule has 2 aliphatic carbocycles. The minimum atomic E-state index is -4.18. The number of rotatable bonds is 4. The Labute approximate surface area is 181 Å². The molecule has 1 unspecified atom stereocenters. The Morgan fingerprint density at radius 2 is 1.94 bits per heavy atom. The normalized spacial score (nSPS) is 27.9. The Morgan fingerprint density at radius 1 is 1.19 bits per heavy atom. The first-order valence-corrected chi connectivity index (χ1v) is 10.3. The van der Waals surface area contributed by atoms with E-state index in [-0.39, 0.29) is 30.0 Å². The molecular formula is C23H20F4N2O3. The van der Waals surface area contributed by atoms with Crippen LogP contribution in [-0.4, -0.2) is 39.5 Å². The summed E-state index contributed by atoms with van der Waals surface area (Å²) >= 11 is 0. The van der Waals surface area contributed by atoms with E-state index < -0.39 is 58.2 Å². The van der Waals surface area contributed by atoms with Crippen LogP contribution in [0.3, 0.4) is 0 Å². The average Bonchev–Trinajstić information content (AvgIpc) is 3.16. The molecule has 2 N–H and O–H groups in total. The molecule has 9 heteroatoms. The first kappa shape index (κ1) is 20.9. The van der Waals surface area contributed by atoms with Gasteiger partial charge in [0.15, 0.2) is 0 Å². The van der Waals surface area contributed by atoms with Crippen LogP contribution in [0.15, 0.2) is 36.4 Å². The lowest BCUT2D eigenvalue weighted by molar-refractivity contribution is -0.189. The zero-order valence-corrected chi connectivity index (χ0v) is 17.0. The number of likely N-dealkylation sites (tertiary alicyclic amines) is 1. The highest BCUT2D eigenvalue weighted by molar-refractivity contribution is 6.04. The Kier molecular flexibility index (Phi) is 4.43. The first-order chi connectivity index (χ1) is 15.0. The van der Waals surface area contributed by atoms with Gasteiger partial charge in [-0.25, -0.2) is 8.78 Å². The molecule has 0 radical (unpaired) electrons. The van der Waals surface area contributed by atoms with Crippen molar-refractivity contribution in [2.75, 3.05) is 5.32 Å². The van der Waals surface area contributed by atoms with Crippen LogP contribution in [0.4, 0.5) is 23.2 Å². The number of aryl methyl sites for hydroxylation is 1. The number of benzene rings is 2. The van der Waals surface area contributed by atoms with E-state index in [9.17, 15) is 19.1 Å². The van der Waals surface area contributed by atoms with Gasteiger partial charge in [0.25, 0.3) is 11.8 Å². The Balaban J connectivity index is 1.40. The summed E-state index contributed by atoms with van der Waals surface area (Å²) in [4.78, 5) is 26.4. The minimum absolute atomic E-state index is 0.173. The SMILES string of the molecule is Cc1cc(NC(=O)c2cccc(C(F)(F)C(=O)N3[C@H]4CC5[C@@H]3C[C@]5(O)C4)c2F)ccc1F. The third-order valence-electron chi connectivity index (χ3n) is 7.08. The first-order valence-electron chi connectivity index (χ1n) is 10.3. The number of nitrogens with one attached hydrogen (secondary N) is 1. The minimum Gasteiger partial charge on any atom is -0.389 e. The van der Waals surface area contributed by atoms with E-state index >= 15 is 13.2 Å². The van der Waals surface area contributed by atoms with Crippen molar-refractivity contribution in [1.82, 2.24) is 4.90 Å². The molecule has 3 aliphatic rings. The number of carbonyl (C=O) groups is 2. The molecule has 2 amide bonds. The number of aliphatic hydroxyl groups is 1. The van der Waals surface area contributed by atoms with Gasteiger partial charge in [-0.3, -0.25) is 9.59 Å². The van der Waals surface area contributed by atoms with Gasteiger partial charge in [-0.05, 0) is 62.1 Å². The summed E-state index contributed by atoms with van der Waals surface area (Å²) in [7, 11) is 0. The third-order valence-corrected chi connectivity index (χ3v) is 7.08. The van der Waals surface area contributed by atoms with Gasteiger partial charge >= 0.3 is 5.92 Å². The summed E-state index contributed by atoms with van der Waals surface area (Å²) in [5.74, 6) is -8.88. The number of nitrogens with zero attached hydrogens (tertiary/aromatic N) is 1. The number of carbonyl (C=O) groups excluding carboxylic acids is 2. The predicted molar refractivity (Wildman–Crippen MR) is 106 cm³/mol. The van der Waals surface area contributed by atoms with Gasteiger partial charge in [0, 0.05) is 23.7 Å². The number of hydrogen-bond donors (Lipinski definition) is 2. The number of halogens is 4. The fourth-order valence-corrected chi connectivity index (χ4v) is 5.49. The van der Waals surface area contributed by atoms with Crippen LogP contribution in [0.1, 0.15) is 40.7 Å². The van der Waals surface area contributed by atoms with Crippen molar-refractivity contribution in [3.63, 3.8) is 0 Å².